The summed E-state index contributed by atoms with van der Waals surface area (Å²) in [6, 6.07) is 15.1. The van der Waals surface area contributed by atoms with Crippen molar-refractivity contribution in [3.8, 4) is 22.1 Å². The molecule has 0 fully saturated rings. The van der Waals surface area contributed by atoms with Gasteiger partial charge in [0.1, 0.15) is 16.5 Å². The van der Waals surface area contributed by atoms with Gasteiger partial charge in [-0.3, -0.25) is 4.79 Å². The van der Waals surface area contributed by atoms with Gasteiger partial charge in [0.05, 0.1) is 25.8 Å². The maximum absolute atomic E-state index is 12.4. The van der Waals surface area contributed by atoms with Crippen molar-refractivity contribution in [1.29, 1.82) is 0 Å². The van der Waals surface area contributed by atoms with Crippen molar-refractivity contribution in [3.05, 3.63) is 59.1 Å². The van der Waals surface area contributed by atoms with Gasteiger partial charge >= 0.3 is 0 Å². The summed E-state index contributed by atoms with van der Waals surface area (Å²) in [4.78, 5) is 18.0. The van der Waals surface area contributed by atoms with Crippen LogP contribution in [0, 0.1) is 6.92 Å². The molecule has 0 spiro atoms. The second-order valence-electron chi connectivity index (χ2n) is 5.94. The number of hydrogen-bond acceptors (Lipinski definition) is 5. The quantitative estimate of drug-likeness (QED) is 0.643. The number of benzene rings is 2. The minimum absolute atomic E-state index is 0.0666. The van der Waals surface area contributed by atoms with Crippen LogP contribution in [0.4, 0.5) is 5.69 Å². The number of rotatable bonds is 7. The molecule has 1 amide bonds. The Morgan fingerprint density at radius 3 is 2.63 bits per heavy atom. The third kappa shape index (κ3) is 4.86. The molecule has 3 rings (SSSR count). The molecule has 2 aromatic carbocycles. The molecule has 0 aliphatic carbocycles. The van der Waals surface area contributed by atoms with Crippen LogP contribution in [-0.4, -0.2) is 24.6 Å². The van der Waals surface area contributed by atoms with E-state index in [-0.39, 0.29) is 5.91 Å². The Balaban J connectivity index is 1.68. The highest BCUT2D eigenvalue weighted by atomic mass is 32.1. The average Bonchev–Trinajstić information content (AvgIpc) is 3.04. The van der Waals surface area contributed by atoms with Crippen LogP contribution >= 0.6 is 11.3 Å². The fourth-order valence-electron chi connectivity index (χ4n) is 2.62. The number of hydrogen-bond donors (Lipinski definition) is 1. The van der Waals surface area contributed by atoms with Gasteiger partial charge in [0.25, 0.3) is 0 Å². The van der Waals surface area contributed by atoms with E-state index >= 15 is 0 Å². The lowest BCUT2D eigenvalue weighted by atomic mass is 10.2. The van der Waals surface area contributed by atoms with Gasteiger partial charge < -0.3 is 14.8 Å². The highest BCUT2D eigenvalue weighted by Crippen LogP contribution is 2.30. The summed E-state index contributed by atoms with van der Waals surface area (Å²) in [5.74, 6) is 1.51. The first-order chi connectivity index (χ1) is 13.1. The molecule has 1 N–H and O–H groups in total. The second kappa shape index (κ2) is 8.68. The number of methoxy groups -OCH3 is 1. The van der Waals surface area contributed by atoms with Gasteiger partial charge in [-0.05, 0) is 50.2 Å². The molecule has 0 bridgehead atoms. The third-order valence-corrected chi connectivity index (χ3v) is 5.19. The SMILES string of the molecule is CCOc1ccc(NC(=O)Cc2sc(-c3cccc(OC)c3)nc2C)cc1. The lowest BCUT2D eigenvalue weighted by Crippen LogP contribution is -2.14. The topological polar surface area (TPSA) is 60.5 Å². The molecule has 0 aliphatic rings. The van der Waals surface area contributed by atoms with Crippen LogP contribution in [0.5, 0.6) is 11.5 Å². The minimum atomic E-state index is -0.0666. The molecule has 3 aromatic rings. The molecular formula is C21H22N2O3S. The summed E-state index contributed by atoms with van der Waals surface area (Å²) in [7, 11) is 1.64. The van der Waals surface area contributed by atoms with Gasteiger partial charge in [-0.25, -0.2) is 4.98 Å². The van der Waals surface area contributed by atoms with Gasteiger partial charge in [-0.1, -0.05) is 12.1 Å². The minimum Gasteiger partial charge on any atom is -0.497 e. The molecule has 1 heterocycles. The van der Waals surface area contributed by atoms with Crippen LogP contribution in [0.2, 0.25) is 0 Å². The Labute approximate surface area is 163 Å². The van der Waals surface area contributed by atoms with Gasteiger partial charge in [-0.15, -0.1) is 11.3 Å². The predicted molar refractivity (Wildman–Crippen MR) is 109 cm³/mol. The first kappa shape index (κ1) is 18.9. The van der Waals surface area contributed by atoms with Crippen molar-refractivity contribution in [2.24, 2.45) is 0 Å². The summed E-state index contributed by atoms with van der Waals surface area (Å²) in [6.07, 6.45) is 0.292. The Bertz CT molecular complexity index is 919. The molecule has 0 aliphatic heterocycles. The molecule has 1 aromatic heterocycles. The number of nitrogens with one attached hydrogen (secondary N) is 1. The number of anilines is 1. The van der Waals surface area contributed by atoms with E-state index in [2.05, 4.69) is 10.3 Å². The number of aryl methyl sites for hydroxylation is 1. The lowest BCUT2D eigenvalue weighted by molar-refractivity contribution is -0.115. The van der Waals surface area contributed by atoms with Crippen molar-refractivity contribution in [2.45, 2.75) is 20.3 Å². The zero-order valence-corrected chi connectivity index (χ0v) is 16.4. The average molecular weight is 382 g/mol. The normalized spacial score (nSPS) is 10.5. The fraction of sp³-hybridized carbons (Fsp3) is 0.238. The van der Waals surface area contributed by atoms with Crippen LogP contribution in [0.15, 0.2) is 48.5 Å². The summed E-state index contributed by atoms with van der Waals surface area (Å²) >= 11 is 1.53. The van der Waals surface area contributed by atoms with Crippen LogP contribution in [0.25, 0.3) is 10.6 Å². The molecule has 5 nitrogen and oxygen atoms in total. The van der Waals surface area contributed by atoms with E-state index in [1.807, 2.05) is 62.4 Å². The standard InChI is InChI=1S/C21H22N2O3S/c1-4-26-17-10-8-16(9-11-17)23-20(24)13-19-14(2)22-21(27-19)15-6-5-7-18(12-15)25-3/h5-12H,4,13H2,1-3H3,(H,23,24). The van der Waals surface area contributed by atoms with Crippen molar-refractivity contribution >= 4 is 22.9 Å². The molecule has 0 radical (unpaired) electrons. The van der Waals surface area contributed by atoms with Gasteiger partial charge in [-0.2, -0.15) is 0 Å². The zero-order valence-electron chi connectivity index (χ0n) is 15.6. The van der Waals surface area contributed by atoms with Gasteiger partial charge in [0.15, 0.2) is 0 Å². The van der Waals surface area contributed by atoms with E-state index in [0.717, 1.165) is 38.3 Å². The first-order valence-electron chi connectivity index (χ1n) is 8.72. The smallest absolute Gasteiger partial charge is 0.229 e. The fourth-order valence-corrected chi connectivity index (χ4v) is 3.68. The van der Waals surface area contributed by atoms with Gasteiger partial charge in [0.2, 0.25) is 5.91 Å². The van der Waals surface area contributed by atoms with E-state index in [1.165, 1.54) is 11.3 Å². The maximum atomic E-state index is 12.4. The Morgan fingerprint density at radius 1 is 1.15 bits per heavy atom. The molecule has 27 heavy (non-hydrogen) atoms. The van der Waals surface area contributed by atoms with Gasteiger partial charge in [0, 0.05) is 16.1 Å². The maximum Gasteiger partial charge on any atom is 0.229 e. The van der Waals surface area contributed by atoms with Crippen LogP contribution < -0.4 is 14.8 Å². The number of thiazole rings is 1. The third-order valence-electron chi connectivity index (χ3n) is 3.98. The summed E-state index contributed by atoms with van der Waals surface area (Å²) < 4.78 is 10.7. The Kier molecular flexibility index (Phi) is 6.08. The van der Waals surface area contributed by atoms with E-state index in [9.17, 15) is 4.79 Å². The molecular weight excluding hydrogens is 360 g/mol. The second-order valence-corrected chi connectivity index (χ2v) is 7.03. The Morgan fingerprint density at radius 2 is 1.93 bits per heavy atom. The van der Waals surface area contributed by atoms with Crippen LogP contribution in [-0.2, 0) is 11.2 Å². The number of amides is 1. The molecule has 0 atom stereocenters. The highest BCUT2D eigenvalue weighted by molar-refractivity contribution is 7.15. The van der Waals surface area contributed by atoms with Crippen molar-refractivity contribution in [1.82, 2.24) is 4.98 Å². The number of aromatic nitrogens is 1. The molecule has 140 valence electrons. The number of nitrogens with zero attached hydrogens (tertiary/aromatic N) is 1. The predicted octanol–water partition coefficient (Wildman–Crippen LogP) is 4.71. The van der Waals surface area contributed by atoms with Crippen LogP contribution in [0.3, 0.4) is 0 Å². The molecule has 0 saturated carbocycles. The van der Waals surface area contributed by atoms with E-state index in [4.69, 9.17) is 9.47 Å². The highest BCUT2D eigenvalue weighted by Gasteiger charge is 2.14. The molecule has 0 unspecified atom stereocenters. The van der Waals surface area contributed by atoms with Crippen molar-refractivity contribution in [3.63, 3.8) is 0 Å². The lowest BCUT2D eigenvalue weighted by Gasteiger charge is -2.06. The number of ether oxygens (including phenoxy) is 2. The molecule has 0 saturated heterocycles. The van der Waals surface area contributed by atoms with Crippen molar-refractivity contribution in [2.75, 3.05) is 19.0 Å². The van der Waals surface area contributed by atoms with E-state index in [0.29, 0.717) is 13.0 Å². The largest absolute Gasteiger partial charge is 0.497 e. The van der Waals surface area contributed by atoms with Crippen LogP contribution in [0.1, 0.15) is 17.5 Å². The number of carbonyl (C=O) groups excluding carboxylic acids is 1. The summed E-state index contributed by atoms with van der Waals surface area (Å²) in [5, 5.41) is 3.80. The number of carbonyl (C=O) groups is 1. The van der Waals surface area contributed by atoms with E-state index in [1.54, 1.807) is 7.11 Å². The van der Waals surface area contributed by atoms with E-state index < -0.39 is 0 Å². The van der Waals surface area contributed by atoms with Crippen molar-refractivity contribution < 1.29 is 14.3 Å². The Hall–Kier alpha value is -2.86. The molecule has 6 heteroatoms. The summed E-state index contributed by atoms with van der Waals surface area (Å²) in [6.45, 7) is 4.48. The monoisotopic (exact) mass is 382 g/mol. The first-order valence-corrected chi connectivity index (χ1v) is 9.54. The zero-order chi connectivity index (χ0) is 19.2. The summed E-state index contributed by atoms with van der Waals surface area (Å²) in [5.41, 5.74) is 2.61.